The Balaban J connectivity index is 1.85. The van der Waals surface area contributed by atoms with Crippen molar-refractivity contribution in [3.05, 3.63) is 91.9 Å². The first-order valence-electron chi connectivity index (χ1n) is 8.29. The van der Waals surface area contributed by atoms with E-state index in [4.69, 9.17) is 11.6 Å². The first-order valence-corrected chi connectivity index (χ1v) is 9.55. The van der Waals surface area contributed by atoms with Gasteiger partial charge in [0.2, 0.25) is 5.56 Å². The number of hydrogen-bond donors (Lipinski definition) is 1. The Morgan fingerprint density at radius 3 is 2.79 bits per heavy atom. The Bertz CT molecular complexity index is 1220. The quantitative estimate of drug-likeness (QED) is 0.530. The second-order valence-corrected chi connectivity index (χ2v) is 7.38. The summed E-state index contributed by atoms with van der Waals surface area (Å²) in [4.78, 5) is 33.6. The maximum atomic E-state index is 14.2. The van der Waals surface area contributed by atoms with Gasteiger partial charge in [0, 0.05) is 22.2 Å². The molecule has 0 aliphatic carbocycles. The van der Waals surface area contributed by atoms with Gasteiger partial charge in [-0.25, -0.2) is 4.39 Å². The van der Waals surface area contributed by atoms with Crippen LogP contribution in [0.25, 0.3) is 10.9 Å². The van der Waals surface area contributed by atoms with Crippen LogP contribution in [0.3, 0.4) is 0 Å². The van der Waals surface area contributed by atoms with E-state index in [1.807, 2.05) is 0 Å². The fourth-order valence-corrected chi connectivity index (χ4v) is 3.75. The van der Waals surface area contributed by atoms with Crippen LogP contribution in [0.15, 0.2) is 65.0 Å². The molecule has 2 aromatic carbocycles. The van der Waals surface area contributed by atoms with Crippen LogP contribution in [0, 0.1) is 5.82 Å². The van der Waals surface area contributed by atoms with Gasteiger partial charge in [0.15, 0.2) is 0 Å². The molecule has 0 unspecified atom stereocenters. The molecule has 0 saturated carbocycles. The van der Waals surface area contributed by atoms with Crippen molar-refractivity contribution in [2.24, 2.45) is 0 Å². The molecule has 0 aliphatic rings. The molecule has 0 spiro atoms. The smallest absolute Gasteiger partial charge is 0.270 e. The maximum Gasteiger partial charge on any atom is 0.270 e. The van der Waals surface area contributed by atoms with Gasteiger partial charge in [-0.3, -0.25) is 14.6 Å². The average Bonchev–Trinajstić information content (AvgIpc) is 3.21. The third-order valence-corrected chi connectivity index (χ3v) is 5.25. The van der Waals surface area contributed by atoms with Crippen molar-refractivity contribution in [3.8, 4) is 0 Å². The number of nitrogens with one attached hydrogen (secondary N) is 1. The lowest BCUT2D eigenvalue weighted by Gasteiger charge is -2.23. The summed E-state index contributed by atoms with van der Waals surface area (Å²) in [5.41, 5.74) is 2.33. The number of fused-ring (bicyclic) bond motifs is 1. The number of benzene rings is 2. The lowest BCUT2D eigenvalue weighted by Crippen LogP contribution is -2.30. The molecular formula is C20H13ClFN3O2S. The molecule has 28 heavy (non-hydrogen) atoms. The summed E-state index contributed by atoms with van der Waals surface area (Å²) in [5, 5.41) is 1.00. The average molecular weight is 414 g/mol. The molecule has 2 aromatic heterocycles. The van der Waals surface area contributed by atoms with E-state index in [2.05, 4.69) is 9.97 Å². The number of carbonyl (C=O) groups excluding carboxylic acids is 1. The third kappa shape index (κ3) is 3.54. The summed E-state index contributed by atoms with van der Waals surface area (Å²) in [6, 6.07) is 12.8. The number of rotatable bonds is 4. The van der Waals surface area contributed by atoms with E-state index in [-0.39, 0.29) is 18.0 Å². The van der Waals surface area contributed by atoms with E-state index in [1.54, 1.807) is 41.9 Å². The summed E-state index contributed by atoms with van der Waals surface area (Å²) in [6.07, 6.45) is 1.49. The molecule has 4 rings (SSSR count). The lowest BCUT2D eigenvalue weighted by atomic mass is 10.1. The minimum absolute atomic E-state index is 0.0704. The number of amides is 1. The van der Waals surface area contributed by atoms with E-state index >= 15 is 0 Å². The number of H-pyrrole nitrogens is 1. The first kappa shape index (κ1) is 18.3. The standard InChI is InChI=1S/C20H13ClFN3O2S/c21-13-3-1-4-14(8-13)25(20(27)17-9-23-11-28-17)10-12-7-18(26)24-19-15(12)5-2-6-16(19)22/h1-9,11H,10H2,(H,24,26). The van der Waals surface area contributed by atoms with Gasteiger partial charge in [0.1, 0.15) is 10.7 Å². The number of aromatic amines is 1. The maximum absolute atomic E-state index is 14.2. The number of hydrogen-bond acceptors (Lipinski definition) is 4. The molecule has 0 atom stereocenters. The van der Waals surface area contributed by atoms with Crippen LogP contribution in [-0.4, -0.2) is 15.9 Å². The van der Waals surface area contributed by atoms with Gasteiger partial charge in [-0.1, -0.05) is 29.8 Å². The largest absolute Gasteiger partial charge is 0.319 e. The Kier molecular flexibility index (Phi) is 4.93. The third-order valence-electron chi connectivity index (χ3n) is 4.25. The second kappa shape index (κ2) is 7.53. The highest BCUT2D eigenvalue weighted by Crippen LogP contribution is 2.26. The van der Waals surface area contributed by atoms with Gasteiger partial charge in [-0.05, 0) is 29.8 Å². The van der Waals surface area contributed by atoms with Crippen molar-refractivity contribution in [2.75, 3.05) is 4.90 Å². The number of anilines is 1. The highest BCUT2D eigenvalue weighted by atomic mass is 35.5. The molecular weight excluding hydrogens is 401 g/mol. The first-order chi connectivity index (χ1) is 13.5. The monoisotopic (exact) mass is 413 g/mol. The molecule has 0 radical (unpaired) electrons. The molecule has 0 aliphatic heterocycles. The molecule has 0 bridgehead atoms. The summed E-state index contributed by atoms with van der Waals surface area (Å²) < 4.78 is 14.2. The Labute approximate surface area is 168 Å². The number of halogens is 2. The van der Waals surface area contributed by atoms with Gasteiger partial charge in [-0.2, -0.15) is 0 Å². The lowest BCUT2D eigenvalue weighted by molar-refractivity contribution is 0.0989. The zero-order valence-electron chi connectivity index (χ0n) is 14.4. The van der Waals surface area contributed by atoms with Crippen LogP contribution in [-0.2, 0) is 6.54 Å². The SMILES string of the molecule is O=C(c1cncs1)N(Cc1cc(=O)[nH]c2c(F)cccc12)c1cccc(Cl)c1. The van der Waals surface area contributed by atoms with Crippen molar-refractivity contribution in [1.29, 1.82) is 0 Å². The summed E-state index contributed by atoms with van der Waals surface area (Å²) >= 11 is 7.33. The van der Waals surface area contributed by atoms with Crippen molar-refractivity contribution in [1.82, 2.24) is 9.97 Å². The molecule has 8 heteroatoms. The zero-order valence-corrected chi connectivity index (χ0v) is 15.9. The van der Waals surface area contributed by atoms with E-state index in [0.717, 1.165) is 0 Å². The molecule has 5 nitrogen and oxygen atoms in total. The van der Waals surface area contributed by atoms with Crippen LogP contribution in [0.2, 0.25) is 5.02 Å². The van der Waals surface area contributed by atoms with Crippen LogP contribution >= 0.6 is 22.9 Å². The summed E-state index contributed by atoms with van der Waals surface area (Å²) in [5.74, 6) is -0.811. The number of nitrogens with zero attached hydrogens (tertiary/aromatic N) is 2. The second-order valence-electron chi connectivity index (χ2n) is 6.06. The number of pyridine rings is 1. The van der Waals surface area contributed by atoms with Crippen LogP contribution < -0.4 is 10.5 Å². The van der Waals surface area contributed by atoms with Gasteiger partial charge in [0.05, 0.1) is 23.8 Å². The molecule has 140 valence electrons. The van der Waals surface area contributed by atoms with E-state index in [0.29, 0.717) is 26.5 Å². The summed E-state index contributed by atoms with van der Waals surface area (Å²) in [6.45, 7) is 0.0704. The predicted octanol–water partition coefficient (Wildman–Crippen LogP) is 4.62. The predicted molar refractivity (Wildman–Crippen MR) is 109 cm³/mol. The number of para-hydroxylation sites is 1. The van der Waals surface area contributed by atoms with E-state index < -0.39 is 11.4 Å². The highest BCUT2D eigenvalue weighted by molar-refractivity contribution is 7.11. The van der Waals surface area contributed by atoms with Gasteiger partial charge in [0.25, 0.3) is 5.91 Å². The zero-order chi connectivity index (χ0) is 19.7. The van der Waals surface area contributed by atoms with Crippen LogP contribution in [0.1, 0.15) is 15.2 Å². The normalized spacial score (nSPS) is 10.9. The minimum Gasteiger partial charge on any atom is -0.319 e. The summed E-state index contributed by atoms with van der Waals surface area (Å²) in [7, 11) is 0. The van der Waals surface area contributed by atoms with Gasteiger partial charge in [-0.15, -0.1) is 11.3 Å². The Morgan fingerprint density at radius 1 is 1.21 bits per heavy atom. The fourth-order valence-electron chi connectivity index (χ4n) is 2.99. The topological polar surface area (TPSA) is 66.1 Å². The van der Waals surface area contributed by atoms with Gasteiger partial charge < -0.3 is 9.88 Å². The molecule has 0 saturated heterocycles. The van der Waals surface area contributed by atoms with Crippen molar-refractivity contribution in [3.63, 3.8) is 0 Å². The molecule has 2 heterocycles. The Hall–Kier alpha value is -3.03. The van der Waals surface area contributed by atoms with Crippen LogP contribution in [0.5, 0.6) is 0 Å². The molecule has 0 fully saturated rings. The fraction of sp³-hybridized carbons (Fsp3) is 0.0500. The number of thiazole rings is 1. The van der Waals surface area contributed by atoms with Crippen molar-refractivity contribution >= 4 is 45.4 Å². The Morgan fingerprint density at radius 2 is 2.04 bits per heavy atom. The molecule has 1 N–H and O–H groups in total. The molecule has 1 amide bonds. The van der Waals surface area contributed by atoms with E-state index in [1.165, 1.54) is 34.6 Å². The van der Waals surface area contributed by atoms with Crippen molar-refractivity contribution in [2.45, 2.75) is 6.54 Å². The number of carbonyl (C=O) groups is 1. The van der Waals surface area contributed by atoms with Crippen molar-refractivity contribution < 1.29 is 9.18 Å². The molecule has 4 aromatic rings. The number of aromatic nitrogens is 2. The highest BCUT2D eigenvalue weighted by Gasteiger charge is 2.21. The van der Waals surface area contributed by atoms with E-state index in [9.17, 15) is 14.0 Å². The minimum atomic E-state index is -0.528. The van der Waals surface area contributed by atoms with Crippen LogP contribution in [0.4, 0.5) is 10.1 Å². The van der Waals surface area contributed by atoms with Gasteiger partial charge >= 0.3 is 0 Å².